The third-order valence-electron chi connectivity index (χ3n) is 3.11. The van der Waals surface area contributed by atoms with E-state index in [0.29, 0.717) is 12.3 Å². The molecule has 102 valence electrons. The van der Waals surface area contributed by atoms with E-state index < -0.39 is 0 Å². The monoisotopic (exact) mass is 275 g/mol. The lowest BCUT2D eigenvalue weighted by molar-refractivity contribution is 0.157. The van der Waals surface area contributed by atoms with Crippen LogP contribution in [0.5, 0.6) is 0 Å². The topological polar surface area (TPSA) is 33.1 Å². The fraction of sp³-hybridized carbons (Fsp3) is 0.438. The van der Waals surface area contributed by atoms with Crippen LogP contribution < -0.4 is 0 Å². The molecule has 0 aliphatic carbocycles. The molecular weight excluding hydrogens is 254 g/mol. The van der Waals surface area contributed by atoms with Gasteiger partial charge in [0, 0.05) is 17.4 Å². The molecule has 1 atom stereocenters. The zero-order valence-electron chi connectivity index (χ0n) is 11.5. The second kappa shape index (κ2) is 6.83. The Hall–Kier alpha value is -1.19. The van der Waals surface area contributed by atoms with E-state index in [1.807, 2.05) is 18.2 Å². The van der Waals surface area contributed by atoms with Gasteiger partial charge < -0.3 is 5.11 Å². The van der Waals surface area contributed by atoms with E-state index in [0.717, 1.165) is 29.1 Å². The van der Waals surface area contributed by atoms with Crippen LogP contribution in [0.15, 0.2) is 35.7 Å². The fourth-order valence-electron chi connectivity index (χ4n) is 1.98. The summed E-state index contributed by atoms with van der Waals surface area (Å²) in [6.07, 6.45) is 2.33. The molecule has 0 fully saturated rings. The SMILES string of the molecule is CC(C)CCC(O)Cc1nc(-c2ccccc2)cs1. The average Bonchev–Trinajstić information content (AvgIpc) is 2.86. The first-order valence-electron chi connectivity index (χ1n) is 6.83. The van der Waals surface area contributed by atoms with Gasteiger partial charge in [-0.1, -0.05) is 44.2 Å². The van der Waals surface area contributed by atoms with Crippen molar-refractivity contribution in [2.24, 2.45) is 5.92 Å². The summed E-state index contributed by atoms with van der Waals surface area (Å²) in [4.78, 5) is 4.61. The zero-order chi connectivity index (χ0) is 13.7. The van der Waals surface area contributed by atoms with Crippen molar-refractivity contribution in [3.63, 3.8) is 0 Å². The van der Waals surface area contributed by atoms with Gasteiger partial charge in [-0.25, -0.2) is 4.98 Å². The van der Waals surface area contributed by atoms with E-state index >= 15 is 0 Å². The Morgan fingerprint density at radius 3 is 2.58 bits per heavy atom. The van der Waals surface area contributed by atoms with E-state index in [2.05, 4.69) is 36.3 Å². The predicted molar refractivity (Wildman–Crippen MR) is 81.3 cm³/mol. The second-order valence-corrected chi connectivity index (χ2v) is 6.26. The van der Waals surface area contributed by atoms with Crippen molar-refractivity contribution in [2.75, 3.05) is 0 Å². The van der Waals surface area contributed by atoms with E-state index in [1.165, 1.54) is 0 Å². The highest BCUT2D eigenvalue weighted by Crippen LogP contribution is 2.23. The molecule has 0 amide bonds. The van der Waals surface area contributed by atoms with Gasteiger partial charge in [0.05, 0.1) is 16.8 Å². The lowest BCUT2D eigenvalue weighted by atomic mass is 10.0. The molecule has 1 heterocycles. The minimum atomic E-state index is -0.267. The van der Waals surface area contributed by atoms with Crippen LogP contribution in [0.2, 0.25) is 0 Å². The lowest BCUT2D eigenvalue weighted by Gasteiger charge is -2.10. The number of hydrogen-bond donors (Lipinski definition) is 1. The Labute approximate surface area is 119 Å². The van der Waals surface area contributed by atoms with Crippen LogP contribution in [0.1, 0.15) is 31.7 Å². The first-order chi connectivity index (χ1) is 9.15. The van der Waals surface area contributed by atoms with Crippen molar-refractivity contribution < 1.29 is 5.11 Å². The molecule has 2 nitrogen and oxygen atoms in total. The van der Waals surface area contributed by atoms with Gasteiger partial charge in [0.2, 0.25) is 0 Å². The molecule has 1 unspecified atom stereocenters. The summed E-state index contributed by atoms with van der Waals surface area (Å²) in [7, 11) is 0. The van der Waals surface area contributed by atoms with Crippen LogP contribution in [0, 0.1) is 5.92 Å². The molecule has 1 aromatic heterocycles. The summed E-state index contributed by atoms with van der Waals surface area (Å²) >= 11 is 1.64. The first-order valence-corrected chi connectivity index (χ1v) is 7.71. The van der Waals surface area contributed by atoms with Crippen LogP contribution in [0.4, 0.5) is 0 Å². The molecule has 0 spiro atoms. The molecular formula is C16H21NOS. The van der Waals surface area contributed by atoms with Crippen LogP contribution in [-0.2, 0) is 6.42 Å². The molecule has 2 aromatic rings. The van der Waals surface area contributed by atoms with Crippen molar-refractivity contribution in [3.05, 3.63) is 40.7 Å². The number of thiazole rings is 1. The van der Waals surface area contributed by atoms with Crippen molar-refractivity contribution in [3.8, 4) is 11.3 Å². The molecule has 0 aliphatic heterocycles. The molecule has 1 N–H and O–H groups in total. The van der Waals surface area contributed by atoms with Gasteiger partial charge in [0.25, 0.3) is 0 Å². The largest absolute Gasteiger partial charge is 0.393 e. The number of aromatic nitrogens is 1. The summed E-state index contributed by atoms with van der Waals surface area (Å²) < 4.78 is 0. The lowest BCUT2D eigenvalue weighted by Crippen LogP contribution is -2.11. The van der Waals surface area contributed by atoms with E-state index in [-0.39, 0.29) is 6.10 Å². The van der Waals surface area contributed by atoms with E-state index in [9.17, 15) is 5.11 Å². The van der Waals surface area contributed by atoms with Gasteiger partial charge in [-0.2, -0.15) is 0 Å². The average molecular weight is 275 g/mol. The Bertz CT molecular complexity index is 492. The third kappa shape index (κ3) is 4.44. The number of aliphatic hydroxyl groups excluding tert-OH is 1. The normalized spacial score (nSPS) is 12.8. The summed E-state index contributed by atoms with van der Waals surface area (Å²) in [5.41, 5.74) is 2.15. The number of hydrogen-bond acceptors (Lipinski definition) is 3. The summed E-state index contributed by atoms with van der Waals surface area (Å²) in [6.45, 7) is 4.37. The Morgan fingerprint density at radius 2 is 1.89 bits per heavy atom. The minimum Gasteiger partial charge on any atom is -0.393 e. The smallest absolute Gasteiger partial charge is 0.0958 e. The molecule has 0 radical (unpaired) electrons. The molecule has 0 bridgehead atoms. The van der Waals surface area contributed by atoms with Crippen LogP contribution in [-0.4, -0.2) is 16.2 Å². The molecule has 0 saturated heterocycles. The Morgan fingerprint density at radius 1 is 1.16 bits per heavy atom. The number of benzene rings is 1. The molecule has 19 heavy (non-hydrogen) atoms. The summed E-state index contributed by atoms with van der Waals surface area (Å²) in [5.74, 6) is 0.644. The third-order valence-corrected chi connectivity index (χ3v) is 3.98. The molecule has 0 saturated carbocycles. The number of aliphatic hydroxyl groups is 1. The van der Waals surface area contributed by atoms with Crippen molar-refractivity contribution in [2.45, 2.75) is 39.2 Å². The van der Waals surface area contributed by atoms with E-state index in [4.69, 9.17) is 0 Å². The summed E-state index contributed by atoms with van der Waals surface area (Å²) in [5, 5.41) is 13.1. The van der Waals surface area contributed by atoms with Gasteiger partial charge in [0.15, 0.2) is 0 Å². The maximum Gasteiger partial charge on any atom is 0.0958 e. The van der Waals surface area contributed by atoms with Crippen LogP contribution in [0.3, 0.4) is 0 Å². The minimum absolute atomic E-state index is 0.267. The van der Waals surface area contributed by atoms with Gasteiger partial charge in [-0.05, 0) is 18.8 Å². The van der Waals surface area contributed by atoms with Crippen LogP contribution >= 0.6 is 11.3 Å². The number of rotatable bonds is 6. The van der Waals surface area contributed by atoms with Crippen molar-refractivity contribution in [1.82, 2.24) is 4.98 Å². The summed E-state index contributed by atoms with van der Waals surface area (Å²) in [6, 6.07) is 10.2. The second-order valence-electron chi connectivity index (χ2n) is 5.32. The van der Waals surface area contributed by atoms with Gasteiger partial charge >= 0.3 is 0 Å². The molecule has 0 aliphatic rings. The standard InChI is InChI=1S/C16H21NOS/c1-12(2)8-9-14(18)10-16-17-15(11-19-16)13-6-4-3-5-7-13/h3-7,11-12,14,18H,8-10H2,1-2H3. The predicted octanol–water partition coefficient (Wildman–Crippen LogP) is 4.15. The Balaban J connectivity index is 1.94. The highest BCUT2D eigenvalue weighted by molar-refractivity contribution is 7.09. The Kier molecular flexibility index (Phi) is 5.11. The van der Waals surface area contributed by atoms with E-state index in [1.54, 1.807) is 11.3 Å². The maximum absolute atomic E-state index is 10.00. The molecule has 2 rings (SSSR count). The number of nitrogens with zero attached hydrogens (tertiary/aromatic N) is 1. The quantitative estimate of drug-likeness (QED) is 0.859. The highest BCUT2D eigenvalue weighted by Gasteiger charge is 2.10. The molecule has 1 aromatic carbocycles. The first kappa shape index (κ1) is 14.2. The zero-order valence-corrected chi connectivity index (χ0v) is 12.4. The van der Waals surface area contributed by atoms with Gasteiger partial charge in [-0.3, -0.25) is 0 Å². The highest BCUT2D eigenvalue weighted by atomic mass is 32.1. The molecule has 3 heteroatoms. The van der Waals surface area contributed by atoms with Crippen LogP contribution in [0.25, 0.3) is 11.3 Å². The maximum atomic E-state index is 10.00. The van der Waals surface area contributed by atoms with Gasteiger partial charge in [-0.15, -0.1) is 11.3 Å². The van der Waals surface area contributed by atoms with Crippen molar-refractivity contribution >= 4 is 11.3 Å². The fourth-order valence-corrected chi connectivity index (χ4v) is 2.85. The van der Waals surface area contributed by atoms with Crippen molar-refractivity contribution in [1.29, 1.82) is 0 Å². The van der Waals surface area contributed by atoms with Gasteiger partial charge in [0.1, 0.15) is 0 Å².